The minimum Gasteiger partial charge on any atom is -0.493 e. The molecule has 0 heterocycles. The van der Waals surface area contributed by atoms with E-state index >= 15 is 0 Å². The van der Waals surface area contributed by atoms with E-state index in [4.69, 9.17) is 33.0 Å². The number of hydrogen-bond donors (Lipinski definition) is 2. The highest BCUT2D eigenvalue weighted by atomic mass is 35.5. The molecule has 3 rings (SSSR count). The molecule has 0 saturated heterocycles. The molecule has 5 nitrogen and oxygen atoms in total. The van der Waals surface area contributed by atoms with Crippen LogP contribution in [0.4, 0.5) is 10.1 Å². The van der Waals surface area contributed by atoms with Crippen LogP contribution in [-0.4, -0.2) is 23.6 Å². The number of benzene rings is 3. The molecule has 0 radical (unpaired) electrons. The minimum atomic E-state index is -1.16. The summed E-state index contributed by atoms with van der Waals surface area (Å²) < 4.78 is 20.4. The van der Waals surface area contributed by atoms with Crippen molar-refractivity contribution in [2.24, 2.45) is 0 Å². The van der Waals surface area contributed by atoms with E-state index in [1.54, 1.807) is 26.0 Å². The van der Waals surface area contributed by atoms with Gasteiger partial charge >= 0.3 is 5.97 Å². The molecule has 0 atom stereocenters. The Hall–Kier alpha value is -3.09. The summed E-state index contributed by atoms with van der Waals surface area (Å²) in [6.45, 7) is 4.00. The fraction of sp³-hybridized carbons (Fsp3) is 0.200. The molecule has 0 aliphatic rings. The molecule has 0 unspecified atom stereocenters. The molecule has 1 amide bonds. The maximum atomic E-state index is 14.6. The van der Waals surface area contributed by atoms with Crippen molar-refractivity contribution in [3.05, 3.63) is 92.2 Å². The number of carboxylic acids is 1. The first kappa shape index (κ1) is 24.6. The molecule has 0 bridgehead atoms. The second-order valence-electron chi connectivity index (χ2n) is 7.57. The zero-order valence-electron chi connectivity index (χ0n) is 18.0. The van der Waals surface area contributed by atoms with Crippen molar-refractivity contribution in [3.63, 3.8) is 0 Å². The second-order valence-corrected chi connectivity index (χ2v) is 8.32. The van der Waals surface area contributed by atoms with Gasteiger partial charge in [0.15, 0.2) is 5.82 Å². The lowest BCUT2D eigenvalue weighted by Crippen LogP contribution is -2.17. The number of halogens is 3. The molecule has 8 heteroatoms. The van der Waals surface area contributed by atoms with Gasteiger partial charge in [-0.15, -0.1) is 0 Å². The van der Waals surface area contributed by atoms with Crippen LogP contribution < -0.4 is 10.1 Å². The van der Waals surface area contributed by atoms with Gasteiger partial charge in [0.2, 0.25) is 0 Å². The average Bonchev–Trinajstić information content (AvgIpc) is 2.75. The SMILES string of the molecule is Cc1cc(OCCc2ccccc2)cc(C)c1C(=O)Nc1cc(CC(=O)O)c(Cl)c(Cl)c1F. The Morgan fingerprint density at radius 1 is 1.03 bits per heavy atom. The van der Waals surface area contributed by atoms with Gasteiger partial charge in [-0.2, -0.15) is 0 Å². The summed E-state index contributed by atoms with van der Waals surface area (Å²) >= 11 is 11.9. The third-order valence-corrected chi connectivity index (χ3v) is 5.93. The van der Waals surface area contributed by atoms with E-state index < -0.39 is 29.1 Å². The van der Waals surface area contributed by atoms with E-state index in [1.165, 1.54) is 6.07 Å². The number of rotatable bonds is 8. The van der Waals surface area contributed by atoms with Crippen LogP contribution in [0, 0.1) is 19.7 Å². The van der Waals surface area contributed by atoms with E-state index in [-0.39, 0.29) is 16.3 Å². The number of amides is 1. The molecule has 0 fully saturated rings. The van der Waals surface area contributed by atoms with Crippen LogP contribution in [0.1, 0.15) is 32.6 Å². The number of hydrogen-bond acceptors (Lipinski definition) is 3. The highest BCUT2D eigenvalue weighted by molar-refractivity contribution is 6.43. The van der Waals surface area contributed by atoms with Gasteiger partial charge in [0.25, 0.3) is 5.91 Å². The van der Waals surface area contributed by atoms with Crippen molar-refractivity contribution >= 4 is 40.8 Å². The van der Waals surface area contributed by atoms with Crippen molar-refractivity contribution in [3.8, 4) is 5.75 Å². The number of carbonyl (C=O) groups excluding carboxylic acids is 1. The predicted molar refractivity (Wildman–Crippen MR) is 127 cm³/mol. The van der Waals surface area contributed by atoms with Crippen LogP contribution in [0.15, 0.2) is 48.5 Å². The first-order valence-electron chi connectivity index (χ1n) is 10.1. The molecule has 0 saturated carbocycles. The Morgan fingerprint density at radius 3 is 2.27 bits per heavy atom. The topological polar surface area (TPSA) is 75.6 Å². The number of nitrogens with one attached hydrogen (secondary N) is 1. The minimum absolute atomic E-state index is 0.0986. The number of ether oxygens (including phenoxy) is 1. The van der Waals surface area contributed by atoms with Gasteiger partial charge in [0.1, 0.15) is 5.75 Å². The van der Waals surface area contributed by atoms with E-state index in [9.17, 15) is 14.0 Å². The van der Waals surface area contributed by atoms with Gasteiger partial charge in [0.05, 0.1) is 28.8 Å². The normalized spacial score (nSPS) is 10.7. The van der Waals surface area contributed by atoms with Gasteiger partial charge in [-0.05, 0) is 54.3 Å². The monoisotopic (exact) mass is 489 g/mol. The first-order valence-corrected chi connectivity index (χ1v) is 10.9. The largest absolute Gasteiger partial charge is 0.493 e. The van der Waals surface area contributed by atoms with Gasteiger partial charge in [-0.3, -0.25) is 9.59 Å². The molecule has 33 heavy (non-hydrogen) atoms. The van der Waals surface area contributed by atoms with Gasteiger partial charge in [-0.25, -0.2) is 4.39 Å². The standard InChI is InChI=1S/C25H22Cl2FNO4/c1-14-10-18(33-9-8-16-6-4-3-5-7-16)11-15(2)21(14)25(32)29-19-12-17(13-20(30)31)22(26)23(27)24(19)28/h3-7,10-12H,8-9,13H2,1-2H3,(H,29,32)(H,30,31). The van der Waals surface area contributed by atoms with Crippen LogP contribution in [0.2, 0.25) is 10.0 Å². The van der Waals surface area contributed by atoms with Crippen molar-refractivity contribution in [1.82, 2.24) is 0 Å². The number of carboxylic acid groups (broad SMARTS) is 1. The van der Waals surface area contributed by atoms with E-state index in [0.717, 1.165) is 12.0 Å². The summed E-state index contributed by atoms with van der Waals surface area (Å²) in [6.07, 6.45) is 0.283. The summed E-state index contributed by atoms with van der Waals surface area (Å²) in [4.78, 5) is 24.0. The number of aryl methyl sites for hydroxylation is 2. The lowest BCUT2D eigenvalue weighted by atomic mass is 10.0. The average molecular weight is 490 g/mol. The summed E-state index contributed by atoms with van der Waals surface area (Å²) in [7, 11) is 0. The van der Waals surface area contributed by atoms with E-state index in [2.05, 4.69) is 5.32 Å². The second kappa shape index (κ2) is 10.7. The maximum Gasteiger partial charge on any atom is 0.307 e. The Balaban J connectivity index is 1.77. The van der Waals surface area contributed by atoms with Crippen molar-refractivity contribution < 1.29 is 23.8 Å². The lowest BCUT2D eigenvalue weighted by Gasteiger charge is -2.15. The summed E-state index contributed by atoms with van der Waals surface area (Å²) in [5, 5.41) is 10.9. The van der Waals surface area contributed by atoms with Crippen LogP contribution in [0.3, 0.4) is 0 Å². The molecular weight excluding hydrogens is 468 g/mol. The molecular formula is C25H22Cl2FNO4. The molecule has 172 valence electrons. The Labute approximate surface area is 201 Å². The van der Waals surface area contributed by atoms with Crippen LogP contribution in [0.25, 0.3) is 0 Å². The fourth-order valence-corrected chi connectivity index (χ4v) is 3.95. The van der Waals surface area contributed by atoms with E-state index in [1.807, 2.05) is 30.3 Å². The van der Waals surface area contributed by atoms with Crippen LogP contribution in [0.5, 0.6) is 5.75 Å². The molecule has 2 N–H and O–H groups in total. The quantitative estimate of drug-likeness (QED) is 0.366. The predicted octanol–water partition coefficient (Wildman–Crippen LogP) is 6.25. The molecule has 0 aromatic heterocycles. The highest BCUT2D eigenvalue weighted by Gasteiger charge is 2.21. The van der Waals surface area contributed by atoms with Crippen LogP contribution in [-0.2, 0) is 17.6 Å². The Morgan fingerprint density at radius 2 is 1.67 bits per heavy atom. The maximum absolute atomic E-state index is 14.6. The number of anilines is 1. The molecule has 0 spiro atoms. The van der Waals surface area contributed by atoms with Crippen LogP contribution >= 0.6 is 23.2 Å². The summed E-state index contributed by atoms with van der Waals surface area (Å²) in [5.41, 5.74) is 2.67. The third-order valence-electron chi connectivity index (χ3n) is 5.05. The number of aliphatic carboxylic acids is 1. The molecule has 3 aromatic carbocycles. The van der Waals surface area contributed by atoms with Gasteiger partial charge in [-0.1, -0.05) is 53.5 Å². The lowest BCUT2D eigenvalue weighted by molar-refractivity contribution is -0.136. The molecule has 0 aliphatic heterocycles. The molecule has 0 aliphatic carbocycles. The number of carbonyl (C=O) groups is 2. The van der Waals surface area contributed by atoms with Gasteiger partial charge in [0, 0.05) is 12.0 Å². The van der Waals surface area contributed by atoms with Crippen molar-refractivity contribution in [2.45, 2.75) is 26.7 Å². The fourth-order valence-electron chi connectivity index (χ4n) is 3.52. The summed E-state index contributed by atoms with van der Waals surface area (Å²) in [6, 6.07) is 14.6. The first-order chi connectivity index (χ1) is 15.7. The smallest absolute Gasteiger partial charge is 0.307 e. The molecule has 3 aromatic rings. The van der Waals surface area contributed by atoms with Crippen molar-refractivity contribution in [2.75, 3.05) is 11.9 Å². The Kier molecular flexibility index (Phi) is 7.95. The highest BCUT2D eigenvalue weighted by Crippen LogP contribution is 2.34. The van der Waals surface area contributed by atoms with Crippen molar-refractivity contribution in [1.29, 1.82) is 0 Å². The Bertz CT molecular complexity index is 1180. The third kappa shape index (κ3) is 6.03. The summed E-state index contributed by atoms with van der Waals surface area (Å²) in [5.74, 6) is -2.02. The zero-order chi connectivity index (χ0) is 24.1. The van der Waals surface area contributed by atoms with Gasteiger partial charge < -0.3 is 15.2 Å². The van der Waals surface area contributed by atoms with E-state index in [0.29, 0.717) is 29.0 Å². The zero-order valence-corrected chi connectivity index (χ0v) is 19.6.